The van der Waals surface area contributed by atoms with E-state index in [0.29, 0.717) is 0 Å². The fourth-order valence-corrected chi connectivity index (χ4v) is 6.93. The largest absolute Gasteiger partial charge is 0.227 e. The number of benzene rings is 5. The van der Waals surface area contributed by atoms with E-state index in [9.17, 15) is 0 Å². The summed E-state index contributed by atoms with van der Waals surface area (Å²) in [6.07, 6.45) is 0. The third-order valence-electron chi connectivity index (χ3n) is 10.6. The second kappa shape index (κ2) is 8.85. The van der Waals surface area contributed by atoms with Crippen LogP contribution in [0.2, 0.25) is 0 Å². The Labute approximate surface area is 243 Å². The minimum Gasteiger partial charge on any atom is -0.227 e. The lowest BCUT2D eigenvalue weighted by Gasteiger charge is -2.44. The van der Waals surface area contributed by atoms with Gasteiger partial charge in [0, 0.05) is 21.9 Å². The zero-order valence-electron chi connectivity index (χ0n) is 24.8. The summed E-state index contributed by atoms with van der Waals surface area (Å²) in [5.41, 5.74) is 9.37. The second-order valence-corrected chi connectivity index (χ2v) is 13.1. The zero-order valence-corrected chi connectivity index (χ0v) is 24.8. The van der Waals surface area contributed by atoms with Gasteiger partial charge in [-0.05, 0) is 62.1 Å². The molecule has 1 aliphatic carbocycles. The van der Waals surface area contributed by atoms with Gasteiger partial charge < -0.3 is 0 Å². The van der Waals surface area contributed by atoms with E-state index in [2.05, 4.69) is 151 Å². The van der Waals surface area contributed by atoms with Crippen molar-refractivity contribution in [3.05, 3.63) is 120 Å². The molecule has 0 fully saturated rings. The van der Waals surface area contributed by atoms with Crippen LogP contribution in [0.4, 0.5) is 0 Å². The number of rotatable bonds is 3. The monoisotopic (exact) mass is 532 g/mol. The zero-order chi connectivity index (χ0) is 28.6. The van der Waals surface area contributed by atoms with E-state index in [1.54, 1.807) is 0 Å². The van der Waals surface area contributed by atoms with Crippen LogP contribution in [0.15, 0.2) is 109 Å². The van der Waals surface area contributed by atoms with Crippen molar-refractivity contribution < 1.29 is 0 Å². The summed E-state index contributed by atoms with van der Waals surface area (Å²) in [6.45, 7) is 14.4. The summed E-state index contributed by atoms with van der Waals surface area (Å²) in [5, 5.41) is 3.41. The van der Waals surface area contributed by atoms with Gasteiger partial charge in [0.2, 0.25) is 0 Å². The van der Waals surface area contributed by atoms with Gasteiger partial charge in [-0.15, -0.1) is 0 Å². The molecule has 0 saturated carbocycles. The van der Waals surface area contributed by atoms with Gasteiger partial charge in [0.15, 0.2) is 5.82 Å². The first-order valence-electron chi connectivity index (χ1n) is 14.6. The molecule has 1 aromatic heterocycles. The molecule has 2 nitrogen and oxygen atoms in total. The maximum Gasteiger partial charge on any atom is 0.161 e. The Morgan fingerprint density at radius 1 is 0.488 bits per heavy atom. The van der Waals surface area contributed by atoms with E-state index in [1.807, 2.05) is 0 Å². The molecule has 0 aliphatic heterocycles. The molecule has 41 heavy (non-hydrogen) atoms. The number of hydrogen-bond acceptors (Lipinski definition) is 2. The molecule has 6 aromatic rings. The quantitative estimate of drug-likeness (QED) is 0.212. The normalized spacial score (nSPS) is 16.6. The first-order chi connectivity index (χ1) is 19.6. The van der Waals surface area contributed by atoms with Crippen LogP contribution in [-0.4, -0.2) is 9.97 Å². The minimum absolute atomic E-state index is 0.00351. The molecule has 0 unspecified atom stereocenters. The van der Waals surface area contributed by atoms with Gasteiger partial charge in [-0.1, -0.05) is 133 Å². The lowest BCUT2D eigenvalue weighted by molar-refractivity contribution is 0.125. The molecule has 0 saturated heterocycles. The summed E-state index contributed by atoms with van der Waals surface area (Å²) >= 11 is 0. The highest BCUT2D eigenvalue weighted by Gasteiger charge is 2.57. The van der Waals surface area contributed by atoms with E-state index in [1.165, 1.54) is 27.6 Å². The smallest absolute Gasteiger partial charge is 0.161 e. The van der Waals surface area contributed by atoms with Crippen LogP contribution in [0.5, 0.6) is 0 Å². The van der Waals surface area contributed by atoms with Crippen LogP contribution in [0, 0.1) is 5.41 Å². The molecule has 0 amide bonds. The summed E-state index contributed by atoms with van der Waals surface area (Å²) in [7, 11) is 0. The van der Waals surface area contributed by atoms with Gasteiger partial charge in [-0.2, -0.15) is 0 Å². The van der Waals surface area contributed by atoms with Crippen LogP contribution in [0.25, 0.3) is 55.4 Å². The first-order valence-corrected chi connectivity index (χ1v) is 14.6. The fourth-order valence-electron chi connectivity index (χ4n) is 6.93. The molecule has 2 heteroatoms. The van der Waals surface area contributed by atoms with Crippen LogP contribution in [-0.2, 0) is 10.8 Å². The molecule has 5 aromatic carbocycles. The number of hydrogen-bond donors (Lipinski definition) is 0. The summed E-state index contributed by atoms with van der Waals surface area (Å²) in [4.78, 5) is 10.7. The topological polar surface area (TPSA) is 25.8 Å². The van der Waals surface area contributed by atoms with Gasteiger partial charge in [-0.3, -0.25) is 0 Å². The van der Waals surface area contributed by atoms with Gasteiger partial charge in [0.25, 0.3) is 0 Å². The average molecular weight is 533 g/mol. The molecule has 202 valence electrons. The molecule has 7 rings (SSSR count). The maximum atomic E-state index is 5.38. The Balaban J connectivity index is 1.61. The van der Waals surface area contributed by atoms with Crippen molar-refractivity contribution in [3.63, 3.8) is 0 Å². The van der Waals surface area contributed by atoms with E-state index in [4.69, 9.17) is 9.97 Å². The highest BCUT2D eigenvalue weighted by Crippen LogP contribution is 2.62. The van der Waals surface area contributed by atoms with Gasteiger partial charge in [-0.25, -0.2) is 9.97 Å². The van der Waals surface area contributed by atoms with Crippen LogP contribution in [0.3, 0.4) is 0 Å². The van der Waals surface area contributed by atoms with Crippen molar-refractivity contribution in [3.8, 4) is 33.8 Å². The van der Waals surface area contributed by atoms with E-state index < -0.39 is 0 Å². The predicted octanol–water partition coefficient (Wildman–Crippen LogP) is 10.4. The molecule has 0 spiro atoms. The lowest BCUT2D eigenvalue weighted by atomic mass is 9.59. The van der Waals surface area contributed by atoms with Crippen molar-refractivity contribution in [2.24, 2.45) is 5.41 Å². The molecule has 0 radical (unpaired) electrons. The van der Waals surface area contributed by atoms with Gasteiger partial charge in [0.1, 0.15) is 0 Å². The Hall–Kier alpha value is -4.30. The predicted molar refractivity (Wildman–Crippen MR) is 173 cm³/mol. The molecular weight excluding hydrogens is 496 g/mol. The standard InChI is InChI=1S/C39H36N2/c1-37(2)32-23-30(25-15-9-7-10-16-25)31(24-33(32)38(3,4)39(37,5)6)36-40-34(27-18-11-8-12-19-27)29-22-21-26-17-13-14-20-28(26)35(29)41-36/h7-24H,1-6H3. The van der Waals surface area contributed by atoms with E-state index >= 15 is 0 Å². The molecule has 0 bridgehead atoms. The molecular formula is C39H36N2. The summed E-state index contributed by atoms with van der Waals surface area (Å²) in [6, 6.07) is 39.0. The van der Waals surface area contributed by atoms with Gasteiger partial charge in [0.05, 0.1) is 11.2 Å². The molecule has 0 atom stereocenters. The van der Waals surface area contributed by atoms with Crippen molar-refractivity contribution in [2.75, 3.05) is 0 Å². The second-order valence-electron chi connectivity index (χ2n) is 13.1. The highest BCUT2D eigenvalue weighted by atomic mass is 14.9. The Morgan fingerprint density at radius 3 is 1.71 bits per heavy atom. The number of nitrogens with zero attached hydrogens (tertiary/aromatic N) is 2. The average Bonchev–Trinajstić information content (AvgIpc) is 3.10. The maximum absolute atomic E-state index is 5.38. The molecule has 1 aliphatic rings. The van der Waals surface area contributed by atoms with Crippen molar-refractivity contribution in [2.45, 2.75) is 52.4 Å². The number of aromatic nitrogens is 2. The Morgan fingerprint density at radius 2 is 1.05 bits per heavy atom. The Bertz CT molecular complexity index is 1950. The van der Waals surface area contributed by atoms with Crippen LogP contribution < -0.4 is 0 Å². The fraction of sp³-hybridized carbons (Fsp3) is 0.231. The van der Waals surface area contributed by atoms with Crippen molar-refractivity contribution in [1.29, 1.82) is 0 Å². The van der Waals surface area contributed by atoms with Gasteiger partial charge >= 0.3 is 0 Å². The van der Waals surface area contributed by atoms with Crippen LogP contribution >= 0.6 is 0 Å². The van der Waals surface area contributed by atoms with E-state index in [-0.39, 0.29) is 16.2 Å². The Kier molecular flexibility index (Phi) is 5.54. The van der Waals surface area contributed by atoms with Crippen molar-refractivity contribution in [1.82, 2.24) is 9.97 Å². The third kappa shape index (κ3) is 3.63. The first kappa shape index (κ1) is 25.7. The van der Waals surface area contributed by atoms with E-state index in [0.717, 1.165) is 38.9 Å². The van der Waals surface area contributed by atoms with Crippen molar-refractivity contribution >= 4 is 21.7 Å². The minimum atomic E-state index is -0.0262. The highest BCUT2D eigenvalue weighted by molar-refractivity contribution is 6.09. The third-order valence-corrected chi connectivity index (χ3v) is 10.6. The lowest BCUT2D eigenvalue weighted by Crippen LogP contribution is -2.42. The molecule has 1 heterocycles. The SMILES string of the molecule is CC1(C)c2cc(-c3ccccc3)c(-c3nc(-c4ccccc4)c4ccc5ccccc5c4n3)cc2C(C)(C)C1(C)C. The number of fused-ring (bicyclic) bond motifs is 4. The summed E-state index contributed by atoms with van der Waals surface area (Å²) < 4.78 is 0. The van der Waals surface area contributed by atoms with Crippen LogP contribution in [0.1, 0.15) is 52.7 Å². The molecule has 0 N–H and O–H groups in total. The summed E-state index contributed by atoms with van der Waals surface area (Å²) in [5.74, 6) is 0.771.